The van der Waals surface area contributed by atoms with Gasteiger partial charge in [0.05, 0.1) is 19.8 Å². The third-order valence-corrected chi connectivity index (χ3v) is 3.15. The van der Waals surface area contributed by atoms with Crippen LogP contribution in [0.4, 0.5) is 5.69 Å². The van der Waals surface area contributed by atoms with E-state index in [1.54, 1.807) is 24.3 Å². The second kappa shape index (κ2) is 8.30. The zero-order valence-electron chi connectivity index (χ0n) is 12.9. The minimum absolute atomic E-state index is 0.0140. The molecule has 2 amide bonds. The van der Waals surface area contributed by atoms with E-state index in [-0.39, 0.29) is 18.8 Å². The van der Waals surface area contributed by atoms with Crippen LogP contribution in [0.3, 0.4) is 0 Å². The Morgan fingerprint density at radius 3 is 2.83 bits per heavy atom. The van der Waals surface area contributed by atoms with E-state index in [1.165, 1.54) is 6.08 Å². The molecule has 7 heteroatoms. The quantitative estimate of drug-likeness (QED) is 0.516. The first-order chi connectivity index (χ1) is 11.2. The normalized spacial score (nSPS) is 14.2. The molecule has 1 aliphatic heterocycles. The smallest absolute Gasteiger partial charge is 0.277 e. The maximum atomic E-state index is 12.1. The molecule has 0 saturated carbocycles. The van der Waals surface area contributed by atoms with Crippen molar-refractivity contribution >= 4 is 17.5 Å². The van der Waals surface area contributed by atoms with E-state index in [4.69, 9.17) is 14.6 Å². The topological polar surface area (TPSA) is 88.1 Å². The second-order valence-electron chi connectivity index (χ2n) is 4.77. The van der Waals surface area contributed by atoms with Crippen molar-refractivity contribution in [2.75, 3.05) is 38.3 Å². The highest BCUT2D eigenvalue weighted by Crippen LogP contribution is 2.21. The van der Waals surface area contributed by atoms with Crippen molar-refractivity contribution in [2.24, 2.45) is 0 Å². The summed E-state index contributed by atoms with van der Waals surface area (Å²) in [6, 6.07) is 7.08. The summed E-state index contributed by atoms with van der Waals surface area (Å²) in [5.41, 5.74) is 0.812. The SMILES string of the molecule is CCOCCOc1cccc(NC2=CC(=O)N(CCO)C2=O)c1. The number of carbonyl (C=O) groups is 2. The van der Waals surface area contributed by atoms with Gasteiger partial charge in [-0.25, -0.2) is 0 Å². The molecule has 1 aromatic carbocycles. The lowest BCUT2D eigenvalue weighted by molar-refractivity contribution is -0.137. The molecule has 0 bridgehead atoms. The molecule has 2 N–H and O–H groups in total. The Balaban J connectivity index is 1.97. The van der Waals surface area contributed by atoms with Crippen LogP contribution in [-0.2, 0) is 14.3 Å². The van der Waals surface area contributed by atoms with E-state index in [0.29, 0.717) is 31.3 Å². The lowest BCUT2D eigenvalue weighted by atomic mass is 10.3. The Labute approximate surface area is 134 Å². The average molecular weight is 320 g/mol. The number of imide groups is 1. The summed E-state index contributed by atoms with van der Waals surface area (Å²) in [6.45, 7) is 3.21. The van der Waals surface area contributed by atoms with E-state index in [9.17, 15) is 9.59 Å². The number of hydrogen-bond acceptors (Lipinski definition) is 6. The number of hydrogen-bond donors (Lipinski definition) is 2. The molecule has 1 aromatic rings. The molecule has 1 aliphatic rings. The largest absolute Gasteiger partial charge is 0.491 e. The van der Waals surface area contributed by atoms with Gasteiger partial charge in [-0.05, 0) is 19.1 Å². The monoisotopic (exact) mass is 320 g/mol. The van der Waals surface area contributed by atoms with Crippen LogP contribution >= 0.6 is 0 Å². The van der Waals surface area contributed by atoms with E-state index < -0.39 is 11.8 Å². The fourth-order valence-electron chi connectivity index (χ4n) is 2.09. The van der Waals surface area contributed by atoms with Gasteiger partial charge in [0.25, 0.3) is 11.8 Å². The molecule has 0 fully saturated rings. The van der Waals surface area contributed by atoms with Gasteiger partial charge in [0, 0.05) is 24.4 Å². The molecule has 0 spiro atoms. The van der Waals surface area contributed by atoms with Crippen LogP contribution in [0.5, 0.6) is 5.75 Å². The Morgan fingerprint density at radius 1 is 1.26 bits per heavy atom. The highest BCUT2D eigenvalue weighted by molar-refractivity contribution is 6.17. The minimum atomic E-state index is -0.452. The number of ether oxygens (including phenoxy) is 2. The molecule has 124 valence electrons. The van der Waals surface area contributed by atoms with Crippen molar-refractivity contribution in [2.45, 2.75) is 6.92 Å². The van der Waals surface area contributed by atoms with Gasteiger partial charge in [0.1, 0.15) is 18.1 Å². The van der Waals surface area contributed by atoms with Gasteiger partial charge in [-0.3, -0.25) is 14.5 Å². The van der Waals surface area contributed by atoms with Crippen molar-refractivity contribution in [1.82, 2.24) is 4.90 Å². The van der Waals surface area contributed by atoms with Crippen LogP contribution in [0.2, 0.25) is 0 Å². The maximum absolute atomic E-state index is 12.1. The Kier molecular flexibility index (Phi) is 6.13. The van der Waals surface area contributed by atoms with Crippen molar-refractivity contribution in [3.05, 3.63) is 36.0 Å². The molecule has 0 aromatic heterocycles. The second-order valence-corrected chi connectivity index (χ2v) is 4.77. The molecule has 0 atom stereocenters. The van der Waals surface area contributed by atoms with Gasteiger partial charge < -0.3 is 19.9 Å². The van der Waals surface area contributed by atoms with Crippen LogP contribution in [0, 0.1) is 0 Å². The van der Waals surface area contributed by atoms with Gasteiger partial charge >= 0.3 is 0 Å². The highest BCUT2D eigenvalue weighted by Gasteiger charge is 2.30. The molecular weight excluding hydrogens is 300 g/mol. The Hall–Kier alpha value is -2.38. The van der Waals surface area contributed by atoms with Crippen LogP contribution in [-0.4, -0.2) is 54.8 Å². The van der Waals surface area contributed by atoms with E-state index in [1.807, 2.05) is 6.92 Å². The molecule has 0 saturated heterocycles. The van der Waals surface area contributed by atoms with E-state index in [0.717, 1.165) is 4.90 Å². The molecule has 1 heterocycles. The molecule has 2 rings (SSSR count). The standard InChI is InChI=1S/C16H20N2O5/c1-2-22-8-9-23-13-5-3-4-12(10-13)17-14-11-15(20)18(6-7-19)16(14)21/h3-5,10-11,17,19H,2,6-9H2,1H3. The first kappa shape index (κ1) is 17.0. The van der Waals surface area contributed by atoms with Gasteiger partial charge in [-0.1, -0.05) is 6.07 Å². The van der Waals surface area contributed by atoms with Crippen molar-refractivity contribution < 1.29 is 24.2 Å². The number of aliphatic hydroxyl groups is 1. The maximum Gasteiger partial charge on any atom is 0.277 e. The zero-order chi connectivity index (χ0) is 16.7. The molecule has 0 unspecified atom stereocenters. The Morgan fingerprint density at radius 2 is 2.09 bits per heavy atom. The predicted octanol–water partition coefficient (Wildman–Crippen LogP) is 0.759. The third-order valence-electron chi connectivity index (χ3n) is 3.15. The summed E-state index contributed by atoms with van der Waals surface area (Å²) < 4.78 is 10.7. The van der Waals surface area contributed by atoms with Crippen molar-refractivity contribution in [1.29, 1.82) is 0 Å². The zero-order valence-corrected chi connectivity index (χ0v) is 12.9. The summed E-state index contributed by atoms with van der Waals surface area (Å²) in [5, 5.41) is 11.8. The predicted molar refractivity (Wildman–Crippen MR) is 83.9 cm³/mol. The molecule has 7 nitrogen and oxygen atoms in total. The fourth-order valence-corrected chi connectivity index (χ4v) is 2.09. The Bertz CT molecular complexity index is 600. The molecule has 23 heavy (non-hydrogen) atoms. The lowest BCUT2D eigenvalue weighted by Crippen LogP contribution is -2.34. The first-order valence-electron chi connectivity index (χ1n) is 7.41. The number of carbonyl (C=O) groups excluding carboxylic acids is 2. The molecule has 0 aliphatic carbocycles. The number of β-amino-alcohol motifs (C(OH)–C–C–N with tert-alkyl or cyclic N) is 1. The first-order valence-corrected chi connectivity index (χ1v) is 7.41. The summed E-state index contributed by atoms with van der Waals surface area (Å²) in [5.74, 6) is -0.248. The van der Waals surface area contributed by atoms with Crippen molar-refractivity contribution in [3.63, 3.8) is 0 Å². The number of benzene rings is 1. The van der Waals surface area contributed by atoms with Gasteiger partial charge in [-0.15, -0.1) is 0 Å². The van der Waals surface area contributed by atoms with Crippen LogP contribution in [0.15, 0.2) is 36.0 Å². The van der Waals surface area contributed by atoms with E-state index in [2.05, 4.69) is 5.32 Å². The number of aliphatic hydroxyl groups excluding tert-OH is 1. The van der Waals surface area contributed by atoms with Gasteiger partial charge in [0.2, 0.25) is 0 Å². The van der Waals surface area contributed by atoms with Crippen LogP contribution < -0.4 is 10.1 Å². The number of nitrogens with zero attached hydrogens (tertiary/aromatic N) is 1. The van der Waals surface area contributed by atoms with Crippen LogP contribution in [0.25, 0.3) is 0 Å². The summed E-state index contributed by atoms with van der Waals surface area (Å²) >= 11 is 0. The summed E-state index contributed by atoms with van der Waals surface area (Å²) in [7, 11) is 0. The summed E-state index contributed by atoms with van der Waals surface area (Å²) in [4.78, 5) is 24.7. The van der Waals surface area contributed by atoms with E-state index >= 15 is 0 Å². The highest BCUT2D eigenvalue weighted by atomic mass is 16.5. The molecule has 0 radical (unpaired) electrons. The van der Waals surface area contributed by atoms with Gasteiger partial charge in [0.15, 0.2) is 0 Å². The number of amides is 2. The third kappa shape index (κ3) is 4.54. The summed E-state index contributed by atoms with van der Waals surface area (Å²) in [6.07, 6.45) is 1.22. The number of rotatable bonds is 9. The van der Waals surface area contributed by atoms with Gasteiger partial charge in [-0.2, -0.15) is 0 Å². The average Bonchev–Trinajstić information content (AvgIpc) is 2.80. The molecular formula is C16H20N2O5. The fraction of sp³-hybridized carbons (Fsp3) is 0.375. The van der Waals surface area contributed by atoms with Crippen molar-refractivity contribution in [3.8, 4) is 5.75 Å². The number of anilines is 1. The minimum Gasteiger partial charge on any atom is -0.491 e. The number of nitrogens with one attached hydrogen (secondary N) is 1. The van der Waals surface area contributed by atoms with Crippen LogP contribution in [0.1, 0.15) is 6.92 Å². The lowest BCUT2D eigenvalue weighted by Gasteiger charge is -2.14.